The first kappa shape index (κ1) is 15.8. The molecule has 1 atom stereocenters. The summed E-state index contributed by atoms with van der Waals surface area (Å²) in [7, 11) is 0. The Morgan fingerprint density at radius 1 is 1.20 bits per heavy atom. The lowest BCUT2D eigenvalue weighted by Crippen LogP contribution is -2.43. The first-order valence-corrected chi connectivity index (χ1v) is 8.30. The van der Waals surface area contributed by atoms with Gasteiger partial charge in [0.15, 0.2) is 0 Å². The monoisotopic (exact) mass is 282 g/mol. The van der Waals surface area contributed by atoms with Crippen molar-refractivity contribution in [3.8, 4) is 0 Å². The van der Waals surface area contributed by atoms with Gasteiger partial charge in [-0.15, -0.1) is 0 Å². The van der Waals surface area contributed by atoms with Gasteiger partial charge in [0.25, 0.3) is 0 Å². The zero-order chi connectivity index (χ0) is 14.4. The molecule has 1 aliphatic heterocycles. The Morgan fingerprint density at radius 3 is 2.45 bits per heavy atom. The Kier molecular flexibility index (Phi) is 5.85. The van der Waals surface area contributed by atoms with Crippen molar-refractivity contribution in [3.05, 3.63) is 0 Å². The third-order valence-corrected chi connectivity index (χ3v) is 5.18. The van der Waals surface area contributed by atoms with Gasteiger partial charge < -0.3 is 15.4 Å². The number of carbonyl (C=O) groups is 1. The van der Waals surface area contributed by atoms with Crippen molar-refractivity contribution >= 4 is 5.97 Å². The maximum atomic E-state index is 11.5. The van der Waals surface area contributed by atoms with Crippen LogP contribution in [0.4, 0.5) is 0 Å². The lowest BCUT2D eigenvalue weighted by Gasteiger charge is -2.44. The number of carbonyl (C=O) groups excluding carboxylic acids is 1. The molecule has 2 fully saturated rings. The van der Waals surface area contributed by atoms with Gasteiger partial charge in [0.05, 0.1) is 6.61 Å². The van der Waals surface area contributed by atoms with Crippen molar-refractivity contribution in [1.29, 1.82) is 0 Å². The zero-order valence-electron chi connectivity index (χ0n) is 12.9. The molecule has 2 N–H and O–H groups in total. The van der Waals surface area contributed by atoms with E-state index in [2.05, 4.69) is 4.90 Å². The standard InChI is InChI=1S/C16H30N2O2/c1-2-20-15(19)14(17)6-11-18-12-9-16(10-13-18)7-4-3-5-8-16/h14H,2-13,17H2,1H3. The fourth-order valence-electron chi connectivity index (χ4n) is 3.74. The smallest absolute Gasteiger partial charge is 0.322 e. The van der Waals surface area contributed by atoms with Crippen molar-refractivity contribution in [1.82, 2.24) is 4.90 Å². The molecule has 1 heterocycles. The van der Waals surface area contributed by atoms with Gasteiger partial charge in [-0.05, 0) is 57.5 Å². The van der Waals surface area contributed by atoms with E-state index in [1.165, 1.54) is 58.0 Å². The number of ether oxygens (including phenoxy) is 1. The summed E-state index contributed by atoms with van der Waals surface area (Å²) < 4.78 is 4.95. The number of piperidine rings is 1. The summed E-state index contributed by atoms with van der Waals surface area (Å²) in [6, 6.07) is -0.458. The number of esters is 1. The summed E-state index contributed by atoms with van der Waals surface area (Å²) in [5.41, 5.74) is 6.51. The van der Waals surface area contributed by atoms with Crippen LogP contribution in [0.25, 0.3) is 0 Å². The topological polar surface area (TPSA) is 55.6 Å². The van der Waals surface area contributed by atoms with Crippen LogP contribution in [0.15, 0.2) is 0 Å². The van der Waals surface area contributed by atoms with Crippen LogP contribution in [0.2, 0.25) is 0 Å². The molecule has 0 radical (unpaired) electrons. The lowest BCUT2D eigenvalue weighted by atomic mass is 9.68. The fraction of sp³-hybridized carbons (Fsp3) is 0.938. The number of nitrogens with two attached hydrogens (primary N) is 1. The van der Waals surface area contributed by atoms with Crippen LogP contribution in [0.5, 0.6) is 0 Å². The van der Waals surface area contributed by atoms with Crippen LogP contribution < -0.4 is 5.73 Å². The summed E-state index contributed by atoms with van der Waals surface area (Å²) in [6.07, 6.45) is 10.5. The number of nitrogens with zero attached hydrogens (tertiary/aromatic N) is 1. The third-order valence-electron chi connectivity index (χ3n) is 5.18. The van der Waals surface area contributed by atoms with Crippen LogP contribution in [-0.4, -0.2) is 43.2 Å². The number of hydrogen-bond donors (Lipinski definition) is 1. The number of rotatable bonds is 5. The lowest BCUT2D eigenvalue weighted by molar-refractivity contribution is -0.144. The molecule has 20 heavy (non-hydrogen) atoms. The summed E-state index contributed by atoms with van der Waals surface area (Å²) in [4.78, 5) is 14.0. The minimum absolute atomic E-state index is 0.256. The molecule has 0 amide bonds. The van der Waals surface area contributed by atoms with Crippen LogP contribution in [0, 0.1) is 5.41 Å². The van der Waals surface area contributed by atoms with Crippen molar-refractivity contribution < 1.29 is 9.53 Å². The molecule has 0 aromatic rings. The van der Waals surface area contributed by atoms with Crippen LogP contribution in [0.1, 0.15) is 58.3 Å². The summed E-state index contributed by atoms with van der Waals surface area (Å²) >= 11 is 0. The van der Waals surface area contributed by atoms with E-state index in [1.54, 1.807) is 0 Å². The van der Waals surface area contributed by atoms with Gasteiger partial charge in [-0.1, -0.05) is 19.3 Å². The fourth-order valence-corrected chi connectivity index (χ4v) is 3.74. The molecule has 1 spiro atoms. The molecule has 1 saturated heterocycles. The average molecular weight is 282 g/mol. The predicted octanol–water partition coefficient (Wildman–Crippen LogP) is 2.31. The molecular weight excluding hydrogens is 252 g/mol. The highest BCUT2D eigenvalue weighted by Gasteiger charge is 2.35. The molecule has 1 saturated carbocycles. The second-order valence-corrected chi connectivity index (χ2v) is 6.55. The van der Waals surface area contributed by atoms with Gasteiger partial charge in [-0.25, -0.2) is 0 Å². The SMILES string of the molecule is CCOC(=O)C(N)CCN1CCC2(CCCCC2)CC1. The van der Waals surface area contributed by atoms with Gasteiger partial charge >= 0.3 is 5.97 Å². The van der Waals surface area contributed by atoms with E-state index in [0.29, 0.717) is 18.4 Å². The average Bonchev–Trinajstić information content (AvgIpc) is 2.47. The summed E-state index contributed by atoms with van der Waals surface area (Å²) in [5, 5.41) is 0. The van der Waals surface area contributed by atoms with Crippen molar-refractivity contribution in [2.75, 3.05) is 26.2 Å². The van der Waals surface area contributed by atoms with Gasteiger partial charge in [0.2, 0.25) is 0 Å². The van der Waals surface area contributed by atoms with Crippen LogP contribution in [-0.2, 0) is 9.53 Å². The van der Waals surface area contributed by atoms with E-state index in [9.17, 15) is 4.79 Å². The molecule has 0 bridgehead atoms. The van der Waals surface area contributed by atoms with Crippen molar-refractivity contribution in [3.63, 3.8) is 0 Å². The number of likely N-dealkylation sites (tertiary alicyclic amines) is 1. The highest BCUT2D eigenvalue weighted by Crippen LogP contribution is 2.44. The second-order valence-electron chi connectivity index (χ2n) is 6.55. The Bertz CT molecular complexity index is 304. The Balaban J connectivity index is 1.68. The van der Waals surface area contributed by atoms with E-state index in [-0.39, 0.29) is 5.97 Å². The molecule has 0 aromatic carbocycles. The molecule has 2 rings (SSSR count). The van der Waals surface area contributed by atoms with E-state index in [0.717, 1.165) is 6.54 Å². The molecule has 1 unspecified atom stereocenters. The quantitative estimate of drug-likeness (QED) is 0.786. The Hall–Kier alpha value is -0.610. The second kappa shape index (κ2) is 7.41. The minimum Gasteiger partial charge on any atom is -0.465 e. The van der Waals surface area contributed by atoms with Crippen LogP contribution in [0.3, 0.4) is 0 Å². The molecular formula is C16H30N2O2. The molecule has 4 heteroatoms. The number of hydrogen-bond acceptors (Lipinski definition) is 4. The summed E-state index contributed by atoms with van der Waals surface area (Å²) in [6.45, 7) is 5.51. The normalized spacial score (nSPS) is 24.5. The summed E-state index contributed by atoms with van der Waals surface area (Å²) in [5.74, 6) is -0.256. The third kappa shape index (κ3) is 4.19. The van der Waals surface area contributed by atoms with Gasteiger partial charge in [-0.2, -0.15) is 0 Å². The Labute approximate surface area is 123 Å². The van der Waals surface area contributed by atoms with Gasteiger partial charge in [0.1, 0.15) is 6.04 Å². The molecule has 116 valence electrons. The zero-order valence-corrected chi connectivity index (χ0v) is 12.9. The van der Waals surface area contributed by atoms with Crippen molar-refractivity contribution in [2.24, 2.45) is 11.1 Å². The van der Waals surface area contributed by atoms with Crippen molar-refractivity contribution in [2.45, 2.75) is 64.3 Å². The van der Waals surface area contributed by atoms with E-state index in [4.69, 9.17) is 10.5 Å². The van der Waals surface area contributed by atoms with E-state index >= 15 is 0 Å². The highest BCUT2D eigenvalue weighted by atomic mass is 16.5. The maximum absolute atomic E-state index is 11.5. The van der Waals surface area contributed by atoms with E-state index in [1.807, 2.05) is 6.92 Å². The molecule has 4 nitrogen and oxygen atoms in total. The molecule has 0 aromatic heterocycles. The first-order chi connectivity index (χ1) is 9.65. The Morgan fingerprint density at radius 2 is 1.85 bits per heavy atom. The highest BCUT2D eigenvalue weighted by molar-refractivity contribution is 5.75. The first-order valence-electron chi connectivity index (χ1n) is 8.30. The van der Waals surface area contributed by atoms with Gasteiger partial charge in [-0.3, -0.25) is 4.79 Å². The van der Waals surface area contributed by atoms with E-state index < -0.39 is 6.04 Å². The maximum Gasteiger partial charge on any atom is 0.322 e. The van der Waals surface area contributed by atoms with Gasteiger partial charge in [0, 0.05) is 6.54 Å². The largest absolute Gasteiger partial charge is 0.465 e. The molecule has 2 aliphatic rings. The van der Waals surface area contributed by atoms with Crippen LogP contribution >= 0.6 is 0 Å². The molecule has 1 aliphatic carbocycles. The predicted molar refractivity (Wildman–Crippen MR) is 80.4 cm³/mol. The minimum atomic E-state index is -0.458.